The van der Waals surface area contributed by atoms with Crippen LogP contribution in [0, 0.1) is 17.8 Å². The summed E-state index contributed by atoms with van der Waals surface area (Å²) in [6.07, 6.45) is 6.19. The molecular formula is C15H30N2O. The molecule has 0 saturated carbocycles. The third kappa shape index (κ3) is 4.27. The minimum atomic E-state index is 0.00715. The van der Waals surface area contributed by atoms with Gasteiger partial charge in [0.25, 0.3) is 0 Å². The Morgan fingerprint density at radius 2 is 2.06 bits per heavy atom. The van der Waals surface area contributed by atoms with Crippen molar-refractivity contribution in [2.45, 2.75) is 52.9 Å². The number of rotatable bonds is 5. The molecule has 1 aliphatic rings. The van der Waals surface area contributed by atoms with Gasteiger partial charge in [0.15, 0.2) is 0 Å². The van der Waals surface area contributed by atoms with Crippen LogP contribution in [0.1, 0.15) is 52.9 Å². The Morgan fingerprint density at radius 1 is 1.33 bits per heavy atom. The molecule has 2 N–H and O–H groups in total. The van der Waals surface area contributed by atoms with Crippen molar-refractivity contribution in [1.29, 1.82) is 0 Å². The summed E-state index contributed by atoms with van der Waals surface area (Å²) in [5.41, 5.74) is 5.75. The van der Waals surface area contributed by atoms with Crippen molar-refractivity contribution in [3.8, 4) is 0 Å². The number of hydrogen-bond acceptors (Lipinski definition) is 2. The van der Waals surface area contributed by atoms with E-state index >= 15 is 0 Å². The zero-order chi connectivity index (χ0) is 13.5. The van der Waals surface area contributed by atoms with E-state index in [0.29, 0.717) is 12.5 Å². The van der Waals surface area contributed by atoms with E-state index in [1.807, 2.05) is 0 Å². The largest absolute Gasteiger partial charge is 0.342 e. The molecule has 1 aliphatic heterocycles. The number of likely N-dealkylation sites (tertiary alicyclic amines) is 1. The maximum atomic E-state index is 12.4. The Kier molecular flexibility index (Phi) is 6.69. The van der Waals surface area contributed by atoms with Gasteiger partial charge in [-0.3, -0.25) is 4.79 Å². The second-order valence-corrected chi connectivity index (χ2v) is 6.00. The van der Waals surface area contributed by atoms with E-state index in [2.05, 4.69) is 25.7 Å². The summed E-state index contributed by atoms with van der Waals surface area (Å²) in [6, 6.07) is 0. The van der Waals surface area contributed by atoms with Gasteiger partial charge in [-0.2, -0.15) is 0 Å². The van der Waals surface area contributed by atoms with E-state index in [1.165, 1.54) is 25.7 Å². The fourth-order valence-corrected chi connectivity index (χ4v) is 2.98. The third-order valence-corrected chi connectivity index (χ3v) is 4.23. The predicted octanol–water partition coefficient (Wildman–Crippen LogP) is 2.65. The molecule has 18 heavy (non-hydrogen) atoms. The molecule has 1 rings (SSSR count). The van der Waals surface area contributed by atoms with Crippen molar-refractivity contribution in [1.82, 2.24) is 4.90 Å². The summed E-state index contributed by atoms with van der Waals surface area (Å²) in [5, 5.41) is 0. The molecule has 0 radical (unpaired) electrons. The van der Waals surface area contributed by atoms with Gasteiger partial charge >= 0.3 is 0 Å². The minimum Gasteiger partial charge on any atom is -0.342 e. The molecule has 1 heterocycles. The molecule has 0 bridgehead atoms. The molecule has 0 spiro atoms. The smallest absolute Gasteiger partial charge is 0.227 e. The van der Waals surface area contributed by atoms with Crippen LogP contribution in [0.3, 0.4) is 0 Å². The first-order valence-corrected chi connectivity index (χ1v) is 7.59. The summed E-state index contributed by atoms with van der Waals surface area (Å²) >= 11 is 0. The van der Waals surface area contributed by atoms with Gasteiger partial charge in [0.1, 0.15) is 0 Å². The lowest BCUT2D eigenvalue weighted by molar-refractivity contribution is -0.136. The van der Waals surface area contributed by atoms with Gasteiger partial charge in [-0.1, -0.05) is 33.6 Å². The number of carbonyl (C=O) groups excluding carboxylic acids is 1. The summed E-state index contributed by atoms with van der Waals surface area (Å²) in [6.45, 7) is 8.78. The van der Waals surface area contributed by atoms with Crippen LogP contribution in [-0.2, 0) is 4.79 Å². The second kappa shape index (κ2) is 7.78. The van der Waals surface area contributed by atoms with Crippen LogP contribution in [0.2, 0.25) is 0 Å². The predicted molar refractivity (Wildman–Crippen MR) is 76.2 cm³/mol. The Bertz CT molecular complexity index is 253. The van der Waals surface area contributed by atoms with Crippen molar-refractivity contribution < 1.29 is 4.79 Å². The van der Waals surface area contributed by atoms with Gasteiger partial charge in [-0.25, -0.2) is 0 Å². The topological polar surface area (TPSA) is 46.3 Å². The molecule has 2 atom stereocenters. The summed E-state index contributed by atoms with van der Waals surface area (Å²) in [7, 11) is 0. The van der Waals surface area contributed by atoms with Gasteiger partial charge in [0, 0.05) is 19.6 Å². The maximum absolute atomic E-state index is 12.4. The van der Waals surface area contributed by atoms with Crippen LogP contribution in [0.15, 0.2) is 0 Å². The molecule has 0 aromatic carbocycles. The van der Waals surface area contributed by atoms with Crippen LogP contribution in [-0.4, -0.2) is 30.4 Å². The van der Waals surface area contributed by atoms with Crippen molar-refractivity contribution >= 4 is 5.91 Å². The third-order valence-electron chi connectivity index (χ3n) is 4.23. The lowest BCUT2D eigenvalue weighted by Crippen LogP contribution is -2.41. The SMILES string of the molecule is CCCC1CCCN(C(=O)C(CN)C(C)C)CC1. The maximum Gasteiger partial charge on any atom is 0.227 e. The van der Waals surface area contributed by atoms with Gasteiger partial charge < -0.3 is 10.6 Å². The summed E-state index contributed by atoms with van der Waals surface area (Å²) in [5.74, 6) is 1.46. The van der Waals surface area contributed by atoms with Gasteiger partial charge in [-0.15, -0.1) is 0 Å². The summed E-state index contributed by atoms with van der Waals surface area (Å²) < 4.78 is 0. The van der Waals surface area contributed by atoms with Crippen LogP contribution < -0.4 is 5.73 Å². The van der Waals surface area contributed by atoms with E-state index in [4.69, 9.17) is 5.73 Å². The van der Waals surface area contributed by atoms with Gasteiger partial charge in [0.05, 0.1) is 5.92 Å². The minimum absolute atomic E-state index is 0.00715. The standard InChI is InChI=1S/C15H30N2O/c1-4-6-13-7-5-9-17(10-8-13)15(18)14(11-16)12(2)3/h12-14H,4-11,16H2,1-3H3. The number of hydrogen-bond donors (Lipinski definition) is 1. The highest BCUT2D eigenvalue weighted by atomic mass is 16.2. The second-order valence-electron chi connectivity index (χ2n) is 6.00. The molecule has 0 aliphatic carbocycles. The monoisotopic (exact) mass is 254 g/mol. The normalized spacial score (nSPS) is 22.9. The summed E-state index contributed by atoms with van der Waals surface area (Å²) in [4.78, 5) is 14.5. The average molecular weight is 254 g/mol. The Hall–Kier alpha value is -0.570. The average Bonchev–Trinajstić information content (AvgIpc) is 2.55. The molecule has 3 nitrogen and oxygen atoms in total. The molecule has 2 unspecified atom stereocenters. The fourth-order valence-electron chi connectivity index (χ4n) is 2.98. The van der Waals surface area contributed by atoms with Crippen LogP contribution >= 0.6 is 0 Å². The number of nitrogens with two attached hydrogens (primary N) is 1. The fraction of sp³-hybridized carbons (Fsp3) is 0.933. The van der Waals surface area contributed by atoms with Gasteiger partial charge in [0.2, 0.25) is 5.91 Å². The first-order valence-electron chi connectivity index (χ1n) is 7.59. The molecule has 1 saturated heterocycles. The van der Waals surface area contributed by atoms with Crippen LogP contribution in [0.4, 0.5) is 0 Å². The number of carbonyl (C=O) groups is 1. The Balaban J connectivity index is 2.53. The molecule has 0 aromatic heterocycles. The van der Waals surface area contributed by atoms with Crippen molar-refractivity contribution in [3.05, 3.63) is 0 Å². The van der Waals surface area contributed by atoms with Crippen LogP contribution in [0.25, 0.3) is 0 Å². The molecule has 3 heteroatoms. The first-order chi connectivity index (χ1) is 8.60. The van der Waals surface area contributed by atoms with E-state index in [1.54, 1.807) is 0 Å². The van der Waals surface area contributed by atoms with Crippen molar-refractivity contribution in [3.63, 3.8) is 0 Å². The van der Waals surface area contributed by atoms with E-state index in [-0.39, 0.29) is 11.8 Å². The first kappa shape index (κ1) is 15.5. The lowest BCUT2D eigenvalue weighted by atomic mass is 9.94. The van der Waals surface area contributed by atoms with Crippen molar-refractivity contribution in [2.24, 2.45) is 23.5 Å². The molecule has 1 amide bonds. The van der Waals surface area contributed by atoms with E-state index in [9.17, 15) is 4.79 Å². The van der Waals surface area contributed by atoms with Crippen molar-refractivity contribution in [2.75, 3.05) is 19.6 Å². The Labute approximate surface area is 112 Å². The highest BCUT2D eigenvalue weighted by Crippen LogP contribution is 2.23. The highest BCUT2D eigenvalue weighted by Gasteiger charge is 2.27. The van der Waals surface area contributed by atoms with E-state index < -0.39 is 0 Å². The number of nitrogens with zero attached hydrogens (tertiary/aromatic N) is 1. The quantitative estimate of drug-likeness (QED) is 0.820. The number of amides is 1. The lowest BCUT2D eigenvalue weighted by Gasteiger charge is -2.27. The molecule has 1 fully saturated rings. The zero-order valence-electron chi connectivity index (χ0n) is 12.3. The molecule has 106 valence electrons. The zero-order valence-corrected chi connectivity index (χ0v) is 12.3. The van der Waals surface area contributed by atoms with Gasteiger partial charge in [-0.05, 0) is 31.1 Å². The Morgan fingerprint density at radius 3 is 2.61 bits per heavy atom. The molecular weight excluding hydrogens is 224 g/mol. The van der Waals surface area contributed by atoms with Crippen LogP contribution in [0.5, 0.6) is 0 Å². The highest BCUT2D eigenvalue weighted by molar-refractivity contribution is 5.79. The molecule has 0 aromatic rings. The van der Waals surface area contributed by atoms with E-state index in [0.717, 1.165) is 25.4 Å².